The predicted octanol–water partition coefficient (Wildman–Crippen LogP) is 3.01. The molecule has 0 aliphatic rings. The lowest BCUT2D eigenvalue weighted by atomic mass is 10.1. The van der Waals surface area contributed by atoms with Gasteiger partial charge in [0.25, 0.3) is 0 Å². The Bertz CT molecular complexity index is 932. The summed E-state index contributed by atoms with van der Waals surface area (Å²) in [5.41, 5.74) is 11.3. The number of aliphatic imine (C=N–C) groups is 1. The van der Waals surface area contributed by atoms with Gasteiger partial charge in [0.05, 0.1) is 6.21 Å². The Kier molecular flexibility index (Phi) is 5.20. The van der Waals surface area contributed by atoms with E-state index in [9.17, 15) is 5.11 Å². The van der Waals surface area contributed by atoms with Crippen molar-refractivity contribution in [3.05, 3.63) is 64.8 Å². The van der Waals surface area contributed by atoms with Gasteiger partial charge in [0.15, 0.2) is 0 Å². The summed E-state index contributed by atoms with van der Waals surface area (Å²) in [4.78, 5) is 7.33. The first kappa shape index (κ1) is 16.9. The third-order valence-electron chi connectivity index (χ3n) is 3.70. The van der Waals surface area contributed by atoms with Crippen LogP contribution in [0.2, 0.25) is 5.02 Å². The number of phenols is 1. The number of fused-ring (bicyclic) bond motifs is 1. The maximum atomic E-state index is 9.57. The molecule has 25 heavy (non-hydrogen) atoms. The van der Waals surface area contributed by atoms with Crippen molar-refractivity contribution in [2.24, 2.45) is 15.8 Å². The van der Waals surface area contributed by atoms with Crippen molar-refractivity contribution in [3.8, 4) is 5.75 Å². The predicted molar refractivity (Wildman–Crippen MR) is 102 cm³/mol. The number of halogens is 1. The quantitative estimate of drug-likeness (QED) is 0.321. The molecule has 0 fully saturated rings. The Morgan fingerprint density at radius 2 is 2.12 bits per heavy atom. The number of rotatable bonds is 5. The van der Waals surface area contributed by atoms with Gasteiger partial charge in [-0.2, -0.15) is 5.10 Å². The Morgan fingerprint density at radius 1 is 1.28 bits per heavy atom. The highest BCUT2D eigenvalue weighted by Crippen LogP contribution is 2.21. The first-order valence-corrected chi connectivity index (χ1v) is 8.14. The summed E-state index contributed by atoms with van der Waals surface area (Å²) in [6.45, 7) is 0.513. The number of benzene rings is 2. The molecule has 128 valence electrons. The maximum absolute atomic E-state index is 9.57. The minimum atomic E-state index is 0.204. The van der Waals surface area contributed by atoms with Crippen LogP contribution in [0.3, 0.4) is 0 Å². The van der Waals surface area contributed by atoms with Crippen LogP contribution in [0.1, 0.15) is 11.1 Å². The van der Waals surface area contributed by atoms with Gasteiger partial charge in [0.1, 0.15) is 5.75 Å². The summed E-state index contributed by atoms with van der Waals surface area (Å²) < 4.78 is 0. The molecule has 6 nitrogen and oxygen atoms in total. The van der Waals surface area contributed by atoms with E-state index in [2.05, 4.69) is 20.5 Å². The maximum Gasteiger partial charge on any atom is 0.209 e. The molecule has 0 aliphatic carbocycles. The molecule has 2 aromatic carbocycles. The Hall–Kier alpha value is -2.99. The van der Waals surface area contributed by atoms with Crippen LogP contribution < -0.4 is 11.2 Å². The lowest BCUT2D eigenvalue weighted by Gasteiger charge is -2.02. The molecule has 1 aromatic heterocycles. The van der Waals surface area contributed by atoms with Crippen LogP contribution >= 0.6 is 11.6 Å². The molecule has 0 bridgehead atoms. The third-order valence-corrected chi connectivity index (χ3v) is 4.07. The molecule has 3 rings (SSSR count). The van der Waals surface area contributed by atoms with Gasteiger partial charge in [-0.3, -0.25) is 4.99 Å². The van der Waals surface area contributed by atoms with Gasteiger partial charge in [-0.25, -0.2) is 5.43 Å². The van der Waals surface area contributed by atoms with E-state index in [-0.39, 0.29) is 11.7 Å². The number of hydrogen-bond acceptors (Lipinski definition) is 3. The zero-order valence-electron chi connectivity index (χ0n) is 13.4. The van der Waals surface area contributed by atoms with Crippen LogP contribution in [0.15, 0.2) is 58.8 Å². The highest BCUT2D eigenvalue weighted by Gasteiger charge is 2.02. The second kappa shape index (κ2) is 7.72. The zero-order chi connectivity index (χ0) is 17.6. The first-order valence-electron chi connectivity index (χ1n) is 7.76. The fraction of sp³-hybridized carbons (Fsp3) is 0.111. The average molecular weight is 356 g/mol. The summed E-state index contributed by atoms with van der Waals surface area (Å²) in [6, 6.07) is 12.8. The Morgan fingerprint density at radius 3 is 2.96 bits per heavy atom. The minimum absolute atomic E-state index is 0.204. The zero-order valence-corrected chi connectivity index (χ0v) is 14.2. The molecule has 7 heteroatoms. The molecule has 0 unspecified atom stereocenters. The van der Waals surface area contributed by atoms with Crippen LogP contribution in [0.4, 0.5) is 0 Å². The SMILES string of the molecule is NC(=NCCc1ccccc1Cl)N/N=C/c1c[nH]c2ccc(O)cc12. The number of aromatic amines is 1. The van der Waals surface area contributed by atoms with Crippen LogP contribution in [0.5, 0.6) is 5.75 Å². The van der Waals surface area contributed by atoms with Crippen molar-refractivity contribution >= 4 is 34.7 Å². The summed E-state index contributed by atoms with van der Waals surface area (Å²) in [7, 11) is 0. The van der Waals surface area contributed by atoms with E-state index in [0.29, 0.717) is 13.0 Å². The number of aromatic nitrogens is 1. The van der Waals surface area contributed by atoms with Crippen molar-refractivity contribution in [1.29, 1.82) is 0 Å². The highest BCUT2D eigenvalue weighted by molar-refractivity contribution is 6.31. The van der Waals surface area contributed by atoms with Gasteiger partial charge < -0.3 is 15.8 Å². The molecule has 0 amide bonds. The van der Waals surface area contributed by atoms with E-state index in [1.165, 1.54) is 0 Å². The van der Waals surface area contributed by atoms with E-state index >= 15 is 0 Å². The molecule has 0 aliphatic heterocycles. The number of nitrogens with one attached hydrogen (secondary N) is 2. The number of hydrogen-bond donors (Lipinski definition) is 4. The van der Waals surface area contributed by atoms with E-state index in [0.717, 1.165) is 27.1 Å². The van der Waals surface area contributed by atoms with Crippen molar-refractivity contribution in [2.45, 2.75) is 6.42 Å². The molecule has 0 saturated heterocycles. The lowest BCUT2D eigenvalue weighted by molar-refractivity contribution is 0.476. The summed E-state index contributed by atoms with van der Waals surface area (Å²) >= 11 is 6.10. The number of hydrazone groups is 1. The largest absolute Gasteiger partial charge is 0.508 e. The van der Waals surface area contributed by atoms with Gasteiger partial charge in [-0.15, -0.1) is 0 Å². The lowest BCUT2D eigenvalue weighted by Crippen LogP contribution is -2.27. The van der Waals surface area contributed by atoms with Crippen LogP contribution in [-0.4, -0.2) is 28.8 Å². The summed E-state index contributed by atoms with van der Waals surface area (Å²) in [5, 5.41) is 15.3. The highest BCUT2D eigenvalue weighted by atomic mass is 35.5. The van der Waals surface area contributed by atoms with Gasteiger partial charge in [0.2, 0.25) is 5.96 Å². The van der Waals surface area contributed by atoms with E-state index in [1.807, 2.05) is 24.3 Å². The number of phenolic OH excluding ortho intramolecular Hbond substituents is 1. The molecular weight excluding hydrogens is 338 g/mol. The van der Waals surface area contributed by atoms with Crippen molar-refractivity contribution in [3.63, 3.8) is 0 Å². The molecule has 0 saturated carbocycles. The average Bonchev–Trinajstić information content (AvgIpc) is 2.99. The van der Waals surface area contributed by atoms with Crippen molar-refractivity contribution in [1.82, 2.24) is 10.4 Å². The summed E-state index contributed by atoms with van der Waals surface area (Å²) in [6.07, 6.45) is 4.13. The van der Waals surface area contributed by atoms with Crippen LogP contribution in [0.25, 0.3) is 10.9 Å². The van der Waals surface area contributed by atoms with Gasteiger partial charge in [-0.05, 0) is 36.2 Å². The van der Waals surface area contributed by atoms with Crippen molar-refractivity contribution < 1.29 is 5.11 Å². The van der Waals surface area contributed by atoms with Gasteiger partial charge >= 0.3 is 0 Å². The molecular formula is C18H18ClN5O. The van der Waals surface area contributed by atoms with Crippen LogP contribution in [-0.2, 0) is 6.42 Å². The number of guanidine groups is 1. The minimum Gasteiger partial charge on any atom is -0.508 e. The standard InChI is InChI=1S/C18H18ClN5O/c19-16-4-2-1-3-12(16)7-8-21-18(20)24-23-11-13-10-22-17-6-5-14(25)9-15(13)17/h1-6,9-11,22,25H,7-8H2,(H3,20,21,24)/b23-11+. The normalized spacial score (nSPS) is 12.1. The smallest absolute Gasteiger partial charge is 0.209 e. The fourth-order valence-corrected chi connectivity index (χ4v) is 2.67. The van der Waals surface area contributed by atoms with E-state index in [4.69, 9.17) is 17.3 Å². The Balaban J connectivity index is 1.57. The molecule has 5 N–H and O–H groups in total. The second-order valence-electron chi connectivity index (χ2n) is 5.45. The first-order chi connectivity index (χ1) is 12.1. The summed E-state index contributed by atoms with van der Waals surface area (Å²) in [5.74, 6) is 0.432. The third kappa shape index (κ3) is 4.30. The second-order valence-corrected chi connectivity index (χ2v) is 5.86. The fourth-order valence-electron chi connectivity index (χ4n) is 2.44. The number of aromatic hydroxyl groups is 1. The van der Waals surface area contributed by atoms with E-state index < -0.39 is 0 Å². The number of nitrogens with two attached hydrogens (primary N) is 1. The van der Waals surface area contributed by atoms with Crippen LogP contribution in [0, 0.1) is 0 Å². The monoisotopic (exact) mass is 355 g/mol. The molecule has 0 radical (unpaired) electrons. The molecule has 0 spiro atoms. The van der Waals surface area contributed by atoms with Gasteiger partial charge in [0, 0.05) is 34.2 Å². The number of H-pyrrole nitrogens is 1. The molecule has 1 heterocycles. The number of nitrogens with zero attached hydrogens (tertiary/aromatic N) is 2. The van der Waals surface area contributed by atoms with E-state index in [1.54, 1.807) is 30.6 Å². The van der Waals surface area contributed by atoms with Gasteiger partial charge in [-0.1, -0.05) is 29.8 Å². The molecule has 3 aromatic rings. The Labute approximate surface area is 150 Å². The van der Waals surface area contributed by atoms with Crippen molar-refractivity contribution in [2.75, 3.05) is 6.54 Å². The molecule has 0 atom stereocenters. The topological polar surface area (TPSA) is 98.8 Å².